The van der Waals surface area contributed by atoms with E-state index in [-0.39, 0.29) is 23.7 Å². The monoisotopic (exact) mass is 342 g/mol. The van der Waals surface area contributed by atoms with E-state index in [9.17, 15) is 9.18 Å². The summed E-state index contributed by atoms with van der Waals surface area (Å²) in [6.45, 7) is 6.02. The Labute approximate surface area is 147 Å². The molecule has 2 aromatic rings. The van der Waals surface area contributed by atoms with Gasteiger partial charge in [0.05, 0.1) is 6.04 Å². The molecular weight excluding hydrogens is 319 g/mol. The summed E-state index contributed by atoms with van der Waals surface area (Å²) >= 11 is 0. The maximum Gasteiger partial charge on any atom is 0.225 e. The smallest absolute Gasteiger partial charge is 0.225 e. The van der Waals surface area contributed by atoms with Crippen LogP contribution >= 0.6 is 0 Å². The molecule has 0 radical (unpaired) electrons. The van der Waals surface area contributed by atoms with Gasteiger partial charge < -0.3 is 9.80 Å². The van der Waals surface area contributed by atoms with Crippen LogP contribution in [0.3, 0.4) is 0 Å². The van der Waals surface area contributed by atoms with Gasteiger partial charge in [0.1, 0.15) is 5.82 Å². The van der Waals surface area contributed by atoms with Crippen LogP contribution in [0.5, 0.6) is 0 Å². The second kappa shape index (κ2) is 7.59. The molecule has 0 bridgehead atoms. The normalized spacial score (nSPS) is 18.6. The summed E-state index contributed by atoms with van der Waals surface area (Å²) in [5.74, 6) is 0.790. The minimum atomic E-state index is -0.265. The van der Waals surface area contributed by atoms with Crippen LogP contribution in [-0.2, 0) is 11.3 Å². The van der Waals surface area contributed by atoms with Gasteiger partial charge in [-0.05, 0) is 29.7 Å². The molecule has 1 aliphatic heterocycles. The topological polar surface area (TPSA) is 49.3 Å². The molecule has 2 heterocycles. The number of benzene rings is 1. The lowest BCUT2D eigenvalue weighted by Gasteiger charge is -2.34. The molecule has 1 saturated heterocycles. The van der Waals surface area contributed by atoms with Crippen LogP contribution in [0.25, 0.3) is 0 Å². The molecule has 6 heteroatoms. The van der Waals surface area contributed by atoms with Crippen molar-refractivity contribution in [2.24, 2.45) is 5.92 Å². The maximum atomic E-state index is 13.1. The zero-order chi connectivity index (χ0) is 17.8. The highest BCUT2D eigenvalue weighted by Gasteiger charge is 2.32. The standard InChI is InChI=1S/C19H23FN4O/c1-14(2)17-13-23(19-21-9-3-10-22-19)11-8-18(25)24(17)12-15-4-6-16(20)7-5-15/h3-7,9-10,14,17H,8,11-13H2,1-2H3/t17-/m0/s1. The van der Waals surface area contributed by atoms with Crippen LogP contribution < -0.4 is 4.90 Å². The average molecular weight is 342 g/mol. The average Bonchev–Trinajstić information content (AvgIpc) is 2.78. The van der Waals surface area contributed by atoms with Crippen LogP contribution in [0.1, 0.15) is 25.8 Å². The Morgan fingerprint density at radius 1 is 1.20 bits per heavy atom. The van der Waals surface area contributed by atoms with Crippen molar-refractivity contribution in [3.05, 3.63) is 54.1 Å². The van der Waals surface area contributed by atoms with E-state index in [1.807, 2.05) is 4.90 Å². The van der Waals surface area contributed by atoms with E-state index in [1.165, 1.54) is 12.1 Å². The Balaban J connectivity index is 1.83. The van der Waals surface area contributed by atoms with Gasteiger partial charge in [-0.3, -0.25) is 4.79 Å². The molecule has 0 spiro atoms. The third-order valence-electron chi connectivity index (χ3n) is 4.59. The van der Waals surface area contributed by atoms with E-state index in [1.54, 1.807) is 30.6 Å². The number of anilines is 1. The molecule has 0 saturated carbocycles. The fourth-order valence-corrected chi connectivity index (χ4v) is 3.17. The maximum absolute atomic E-state index is 13.1. The molecule has 25 heavy (non-hydrogen) atoms. The first kappa shape index (κ1) is 17.3. The Bertz CT molecular complexity index is 705. The minimum absolute atomic E-state index is 0.0452. The number of hydrogen-bond acceptors (Lipinski definition) is 4. The summed E-state index contributed by atoms with van der Waals surface area (Å²) < 4.78 is 13.1. The van der Waals surface area contributed by atoms with Gasteiger partial charge in [0.25, 0.3) is 0 Å². The lowest BCUT2D eigenvalue weighted by molar-refractivity contribution is -0.134. The third kappa shape index (κ3) is 4.13. The van der Waals surface area contributed by atoms with E-state index in [0.717, 1.165) is 5.56 Å². The predicted octanol–water partition coefficient (Wildman–Crippen LogP) is 2.88. The van der Waals surface area contributed by atoms with Gasteiger partial charge in [0.15, 0.2) is 0 Å². The number of hydrogen-bond donors (Lipinski definition) is 0. The van der Waals surface area contributed by atoms with Gasteiger partial charge in [-0.15, -0.1) is 0 Å². The van der Waals surface area contributed by atoms with Gasteiger partial charge in [0.2, 0.25) is 11.9 Å². The van der Waals surface area contributed by atoms with Gasteiger partial charge in [-0.1, -0.05) is 26.0 Å². The quantitative estimate of drug-likeness (QED) is 0.857. The molecule has 3 rings (SSSR count). The zero-order valence-electron chi connectivity index (χ0n) is 14.6. The number of rotatable bonds is 4. The Kier molecular flexibility index (Phi) is 5.26. The van der Waals surface area contributed by atoms with Crippen molar-refractivity contribution in [3.8, 4) is 0 Å². The second-order valence-corrected chi connectivity index (χ2v) is 6.70. The molecule has 5 nitrogen and oxygen atoms in total. The number of carbonyl (C=O) groups excluding carboxylic acids is 1. The number of aromatic nitrogens is 2. The van der Waals surface area contributed by atoms with Crippen molar-refractivity contribution in [1.82, 2.24) is 14.9 Å². The second-order valence-electron chi connectivity index (χ2n) is 6.70. The van der Waals surface area contributed by atoms with E-state index in [4.69, 9.17) is 0 Å². The Morgan fingerprint density at radius 2 is 1.88 bits per heavy atom. The van der Waals surface area contributed by atoms with E-state index in [2.05, 4.69) is 28.7 Å². The van der Waals surface area contributed by atoms with Crippen molar-refractivity contribution >= 4 is 11.9 Å². The van der Waals surface area contributed by atoms with Crippen LogP contribution in [0.4, 0.5) is 10.3 Å². The highest BCUT2D eigenvalue weighted by molar-refractivity contribution is 5.77. The minimum Gasteiger partial charge on any atom is -0.338 e. The first-order valence-corrected chi connectivity index (χ1v) is 8.60. The van der Waals surface area contributed by atoms with Gasteiger partial charge in [-0.2, -0.15) is 0 Å². The first-order valence-electron chi connectivity index (χ1n) is 8.60. The molecule has 1 aliphatic rings. The molecule has 132 valence electrons. The van der Waals surface area contributed by atoms with Gasteiger partial charge >= 0.3 is 0 Å². The SMILES string of the molecule is CC(C)[C@@H]1CN(c2ncccn2)CCC(=O)N1Cc1ccc(F)cc1. The summed E-state index contributed by atoms with van der Waals surface area (Å²) in [5, 5.41) is 0. The van der Waals surface area contributed by atoms with Crippen LogP contribution in [0, 0.1) is 11.7 Å². The molecular formula is C19H23FN4O. The van der Waals surface area contributed by atoms with Crippen LogP contribution in [-0.4, -0.2) is 39.9 Å². The molecule has 1 amide bonds. The van der Waals surface area contributed by atoms with E-state index < -0.39 is 0 Å². The molecule has 0 unspecified atom stereocenters. The first-order chi connectivity index (χ1) is 12.0. The summed E-state index contributed by atoms with van der Waals surface area (Å²) in [7, 11) is 0. The lowest BCUT2D eigenvalue weighted by atomic mass is 10.0. The van der Waals surface area contributed by atoms with Crippen LogP contribution in [0.2, 0.25) is 0 Å². The van der Waals surface area contributed by atoms with Gasteiger partial charge in [-0.25, -0.2) is 14.4 Å². The van der Waals surface area contributed by atoms with Gasteiger partial charge in [0, 0.05) is 38.4 Å². The Hall–Kier alpha value is -2.50. The number of amides is 1. The highest BCUT2D eigenvalue weighted by atomic mass is 19.1. The molecule has 1 atom stereocenters. The molecule has 1 aromatic carbocycles. The van der Waals surface area contributed by atoms with Crippen molar-refractivity contribution in [1.29, 1.82) is 0 Å². The summed E-state index contributed by atoms with van der Waals surface area (Å²) in [6.07, 6.45) is 3.86. The number of halogens is 1. The fraction of sp³-hybridized carbons (Fsp3) is 0.421. The number of carbonyl (C=O) groups is 1. The highest BCUT2D eigenvalue weighted by Crippen LogP contribution is 2.22. The molecule has 1 fully saturated rings. The van der Waals surface area contributed by atoms with Crippen molar-refractivity contribution in [2.75, 3.05) is 18.0 Å². The fourth-order valence-electron chi connectivity index (χ4n) is 3.17. The molecule has 0 N–H and O–H groups in total. The molecule has 0 aliphatic carbocycles. The van der Waals surface area contributed by atoms with Crippen molar-refractivity contribution in [2.45, 2.75) is 32.9 Å². The van der Waals surface area contributed by atoms with Crippen molar-refractivity contribution < 1.29 is 9.18 Å². The predicted molar refractivity (Wildman–Crippen MR) is 94.4 cm³/mol. The third-order valence-corrected chi connectivity index (χ3v) is 4.59. The molecule has 1 aromatic heterocycles. The van der Waals surface area contributed by atoms with Crippen LogP contribution in [0.15, 0.2) is 42.7 Å². The summed E-state index contributed by atoms with van der Waals surface area (Å²) in [4.78, 5) is 25.4. The lowest BCUT2D eigenvalue weighted by Crippen LogP contribution is -2.46. The van der Waals surface area contributed by atoms with Crippen molar-refractivity contribution in [3.63, 3.8) is 0 Å². The zero-order valence-corrected chi connectivity index (χ0v) is 14.6. The van der Waals surface area contributed by atoms with E-state index >= 15 is 0 Å². The Morgan fingerprint density at radius 3 is 2.52 bits per heavy atom. The van der Waals surface area contributed by atoms with E-state index in [0.29, 0.717) is 32.0 Å². The summed E-state index contributed by atoms with van der Waals surface area (Å²) in [5.41, 5.74) is 0.935. The largest absolute Gasteiger partial charge is 0.338 e. The summed E-state index contributed by atoms with van der Waals surface area (Å²) in [6, 6.07) is 8.18. The number of nitrogens with zero attached hydrogens (tertiary/aromatic N) is 4.